The van der Waals surface area contributed by atoms with Crippen LogP contribution in [0.5, 0.6) is 0 Å². The number of thiocarbonyl (C=S) groups is 1. The Balaban J connectivity index is 0.000000253. The van der Waals surface area contributed by atoms with E-state index in [2.05, 4.69) is 29.4 Å². The van der Waals surface area contributed by atoms with Gasteiger partial charge in [0.2, 0.25) is 6.41 Å². The molecule has 1 aromatic heterocycles. The van der Waals surface area contributed by atoms with Crippen molar-refractivity contribution in [2.24, 2.45) is 0 Å². The van der Waals surface area contributed by atoms with E-state index in [1.165, 1.54) is 21.5 Å². The number of aromatic amines is 1. The number of aryl methyl sites for hydroxylation is 1. The molecule has 1 aliphatic heterocycles. The van der Waals surface area contributed by atoms with E-state index in [0.29, 0.717) is 24.9 Å². The molecule has 0 saturated carbocycles. The van der Waals surface area contributed by atoms with Crippen molar-refractivity contribution < 1.29 is 14.3 Å². The number of carbonyl (C=O) groups excluding carboxylic acids is 1. The molecule has 2 aromatic rings. The Morgan fingerprint density at radius 1 is 1.38 bits per heavy atom. The molecule has 1 aromatic carbocycles. The van der Waals surface area contributed by atoms with Crippen molar-refractivity contribution in [3.8, 4) is 0 Å². The average Bonchev–Trinajstić information content (AvgIpc) is 3.10. The van der Waals surface area contributed by atoms with Crippen molar-refractivity contribution in [2.75, 3.05) is 20.4 Å². The maximum absolute atomic E-state index is 10.6. The Kier molecular flexibility index (Phi) is 9.17. The molecule has 0 spiro atoms. The third-order valence-corrected chi connectivity index (χ3v) is 4.67. The SMILES string of the molecule is C\C1=C/B=C/C=C/OCO1.Cc1[nH]c2ccccc2c1CCNC(=S)N(C)C=O. The third-order valence-electron chi connectivity index (χ3n) is 4.24. The van der Waals surface area contributed by atoms with Crippen LogP contribution in [0.4, 0.5) is 0 Å². The fourth-order valence-corrected chi connectivity index (χ4v) is 2.84. The normalized spacial score (nSPS) is 16.3. The Bertz CT molecular complexity index is 921. The summed E-state index contributed by atoms with van der Waals surface area (Å²) >= 11 is 5.08. The van der Waals surface area contributed by atoms with Gasteiger partial charge in [0.05, 0.1) is 0 Å². The number of para-hydroxylation sites is 1. The van der Waals surface area contributed by atoms with Gasteiger partial charge >= 0.3 is 60.2 Å². The van der Waals surface area contributed by atoms with Gasteiger partial charge in [-0.1, -0.05) is 18.2 Å². The van der Waals surface area contributed by atoms with E-state index in [0.717, 1.165) is 17.7 Å². The van der Waals surface area contributed by atoms with E-state index in [4.69, 9.17) is 21.7 Å². The Hall–Kier alpha value is -2.87. The molecule has 0 radical (unpaired) electrons. The molecular formula is C21H26BN3O3S. The third kappa shape index (κ3) is 7.23. The Morgan fingerprint density at radius 3 is 2.97 bits per heavy atom. The number of allylic oxidation sites excluding steroid dienone is 2. The summed E-state index contributed by atoms with van der Waals surface area (Å²) in [4.78, 5) is 15.3. The van der Waals surface area contributed by atoms with E-state index in [1.54, 1.807) is 13.3 Å². The van der Waals surface area contributed by atoms with Crippen LogP contribution < -0.4 is 5.32 Å². The van der Waals surface area contributed by atoms with Gasteiger partial charge in [0.1, 0.15) is 0 Å². The molecule has 1 aliphatic rings. The smallest absolute Gasteiger partial charge is 0.215 e. The van der Waals surface area contributed by atoms with Crippen molar-refractivity contribution in [3.05, 3.63) is 59.6 Å². The first-order chi connectivity index (χ1) is 14.0. The molecule has 0 bridgehead atoms. The molecule has 29 heavy (non-hydrogen) atoms. The van der Waals surface area contributed by atoms with Crippen molar-refractivity contribution in [1.29, 1.82) is 0 Å². The summed E-state index contributed by atoms with van der Waals surface area (Å²) in [7, 11) is 1.64. The van der Waals surface area contributed by atoms with E-state index in [-0.39, 0.29) is 0 Å². The molecule has 0 atom stereocenters. The molecule has 8 heteroatoms. The summed E-state index contributed by atoms with van der Waals surface area (Å²) in [6, 6.07) is 8.25. The van der Waals surface area contributed by atoms with Crippen LogP contribution in [0.1, 0.15) is 18.2 Å². The van der Waals surface area contributed by atoms with Crippen LogP contribution in [0.25, 0.3) is 10.9 Å². The molecule has 3 rings (SSSR count). The van der Waals surface area contributed by atoms with E-state index >= 15 is 0 Å². The minimum atomic E-state index is 0.292. The first-order valence-corrected chi connectivity index (χ1v) is 9.70. The maximum Gasteiger partial charge on any atom is 0.215 e. The number of aromatic nitrogens is 1. The number of rotatable bonds is 4. The van der Waals surface area contributed by atoms with Crippen LogP contribution in [-0.4, -0.2) is 54.7 Å². The van der Waals surface area contributed by atoms with Gasteiger partial charge in [-0.05, 0) is 37.2 Å². The topological polar surface area (TPSA) is 66.6 Å². The maximum atomic E-state index is 10.6. The number of amides is 1. The molecule has 2 heterocycles. The fraction of sp³-hybridized carbons (Fsp3) is 0.286. The van der Waals surface area contributed by atoms with Crippen LogP contribution in [-0.2, 0) is 20.7 Å². The van der Waals surface area contributed by atoms with Gasteiger partial charge in [0.25, 0.3) is 0 Å². The second kappa shape index (κ2) is 11.9. The van der Waals surface area contributed by atoms with E-state index in [1.807, 2.05) is 44.0 Å². The van der Waals surface area contributed by atoms with Crippen molar-refractivity contribution >= 4 is 47.5 Å². The second-order valence-corrected chi connectivity index (χ2v) is 6.78. The summed E-state index contributed by atoms with van der Waals surface area (Å²) in [5.41, 5.74) is 3.62. The average molecular weight is 411 g/mol. The molecule has 0 fully saturated rings. The Labute approximate surface area is 177 Å². The molecule has 2 N–H and O–H groups in total. The second-order valence-electron chi connectivity index (χ2n) is 6.39. The summed E-state index contributed by atoms with van der Waals surface area (Å²) in [5.74, 6) is 4.64. The predicted octanol–water partition coefficient (Wildman–Crippen LogP) is 2.85. The number of ether oxygens (including phenoxy) is 2. The number of hydrogen-bond donors (Lipinski definition) is 2. The number of nitrogens with one attached hydrogen (secondary N) is 2. The summed E-state index contributed by atoms with van der Waals surface area (Å²) < 4.78 is 10.0. The zero-order valence-corrected chi connectivity index (χ0v) is 17.8. The van der Waals surface area contributed by atoms with Gasteiger partial charge in [-0.2, -0.15) is 0 Å². The minimum Gasteiger partial charge on any atom is -0.362 e. The summed E-state index contributed by atoms with van der Waals surface area (Å²) in [6.45, 7) is 6.87. The number of hydrogen-bond acceptors (Lipinski definition) is 4. The molecule has 152 valence electrons. The molecule has 0 unspecified atom stereocenters. The van der Waals surface area contributed by atoms with Gasteiger partial charge < -0.3 is 10.3 Å². The molecule has 0 aliphatic carbocycles. The number of H-pyrrole nitrogens is 1. The Morgan fingerprint density at radius 2 is 2.17 bits per heavy atom. The van der Waals surface area contributed by atoms with Crippen molar-refractivity contribution in [2.45, 2.75) is 20.3 Å². The van der Waals surface area contributed by atoms with Crippen LogP contribution >= 0.6 is 12.2 Å². The van der Waals surface area contributed by atoms with Crippen LogP contribution in [0, 0.1) is 6.92 Å². The monoisotopic (exact) mass is 411 g/mol. The largest absolute Gasteiger partial charge is 0.362 e. The van der Waals surface area contributed by atoms with Gasteiger partial charge in [-0.25, -0.2) is 0 Å². The molecule has 6 nitrogen and oxygen atoms in total. The number of nitrogens with zero attached hydrogens (tertiary/aromatic N) is 1. The van der Waals surface area contributed by atoms with Crippen molar-refractivity contribution in [1.82, 2.24) is 15.2 Å². The van der Waals surface area contributed by atoms with E-state index < -0.39 is 0 Å². The number of benzene rings is 1. The number of carbonyl (C=O) groups is 1. The van der Waals surface area contributed by atoms with E-state index in [9.17, 15) is 4.79 Å². The standard InChI is InChI=1S/C14H17N3OS.C7H9BO2/c1-10-11(7-8-15-14(19)17(2)9-18)12-5-3-4-6-13(12)16-10;1-7-5-8-3-2-4-9-6-10-7/h3-6,9,16H,7-8H2,1-2H3,(H,15,19);2-5H,6H2,1H3/b;4-2+,7-5+. The molecule has 1 amide bonds. The quantitative estimate of drug-likeness (QED) is 0.460. The van der Waals surface area contributed by atoms with Gasteiger partial charge in [-0.15, -0.1) is 0 Å². The minimum absolute atomic E-state index is 0.292. The fourth-order valence-electron chi connectivity index (χ4n) is 2.69. The zero-order chi connectivity index (χ0) is 21.1. The van der Waals surface area contributed by atoms with Gasteiger partial charge in [0, 0.05) is 30.2 Å². The first-order valence-electron chi connectivity index (χ1n) is 9.29. The predicted molar refractivity (Wildman–Crippen MR) is 123 cm³/mol. The zero-order valence-electron chi connectivity index (χ0n) is 17.0. The van der Waals surface area contributed by atoms with Gasteiger partial charge in [-0.3, -0.25) is 9.69 Å². The van der Waals surface area contributed by atoms with Crippen LogP contribution in [0.15, 0.2) is 48.3 Å². The van der Waals surface area contributed by atoms with Crippen LogP contribution in [0.2, 0.25) is 0 Å². The van der Waals surface area contributed by atoms with Crippen LogP contribution in [0.3, 0.4) is 0 Å². The number of fused-ring (bicyclic) bond motifs is 1. The van der Waals surface area contributed by atoms with Gasteiger partial charge in [0.15, 0.2) is 5.11 Å². The molecule has 0 saturated heterocycles. The first kappa shape index (κ1) is 22.4. The molecular weight excluding hydrogens is 385 g/mol. The van der Waals surface area contributed by atoms with Crippen molar-refractivity contribution in [3.63, 3.8) is 0 Å². The summed E-state index contributed by atoms with van der Waals surface area (Å²) in [6.07, 6.45) is 4.98. The summed E-state index contributed by atoms with van der Waals surface area (Å²) in [5, 5.41) is 4.77.